The molecule has 0 saturated heterocycles. The van der Waals surface area contributed by atoms with Crippen LogP contribution in [0.25, 0.3) is 11.3 Å². The molecule has 0 saturated carbocycles. The predicted molar refractivity (Wildman–Crippen MR) is 100 cm³/mol. The second kappa shape index (κ2) is 7.99. The molecule has 1 aromatic carbocycles. The van der Waals surface area contributed by atoms with E-state index in [-0.39, 0.29) is 17.8 Å². The zero-order valence-electron chi connectivity index (χ0n) is 14.2. The fraction of sp³-hybridized carbons (Fsp3) is 0.222. The van der Waals surface area contributed by atoms with Gasteiger partial charge in [-0.2, -0.15) is 5.10 Å². The van der Waals surface area contributed by atoms with E-state index in [1.807, 2.05) is 6.07 Å². The van der Waals surface area contributed by atoms with Crippen molar-refractivity contribution in [2.24, 2.45) is 7.05 Å². The quantitative estimate of drug-likeness (QED) is 0.687. The van der Waals surface area contributed by atoms with E-state index in [0.717, 1.165) is 10.4 Å². The summed E-state index contributed by atoms with van der Waals surface area (Å²) < 4.78 is 20.7. The smallest absolute Gasteiger partial charge is 0.269 e. The third kappa shape index (κ3) is 4.12. The lowest BCUT2D eigenvalue weighted by Gasteiger charge is -2.14. The average Bonchev–Trinajstić information content (AvgIpc) is 3.22. The number of carbonyl (C=O) groups excluding carboxylic acids is 1. The van der Waals surface area contributed by atoms with Gasteiger partial charge in [-0.05, 0) is 42.5 Å². The highest BCUT2D eigenvalue weighted by atomic mass is 35.5. The Balaban J connectivity index is 1.70. The lowest BCUT2D eigenvalue weighted by atomic mass is 10.1. The Morgan fingerprint density at radius 2 is 2.08 bits per heavy atom. The number of thiophene rings is 1. The first kappa shape index (κ1) is 18.6. The molecule has 0 spiro atoms. The molecule has 2 heterocycles. The van der Waals surface area contributed by atoms with Gasteiger partial charge in [-0.25, -0.2) is 4.39 Å². The monoisotopic (exact) mass is 393 g/mol. The van der Waals surface area contributed by atoms with E-state index in [9.17, 15) is 9.18 Å². The Hall–Kier alpha value is -2.22. The number of amides is 1. The molecule has 0 fully saturated rings. The number of hydrogen-bond donors (Lipinski definition) is 1. The molecule has 3 aromatic rings. The number of methoxy groups -OCH3 is 1. The van der Waals surface area contributed by atoms with Gasteiger partial charge in [0.25, 0.3) is 5.91 Å². The first-order chi connectivity index (χ1) is 12.5. The van der Waals surface area contributed by atoms with Gasteiger partial charge in [-0.15, -0.1) is 11.3 Å². The van der Waals surface area contributed by atoms with Crippen LogP contribution in [0, 0.1) is 5.82 Å². The van der Waals surface area contributed by atoms with Gasteiger partial charge in [-0.3, -0.25) is 9.48 Å². The summed E-state index contributed by atoms with van der Waals surface area (Å²) in [4.78, 5) is 13.5. The van der Waals surface area contributed by atoms with Crippen LogP contribution in [0.5, 0.6) is 0 Å². The van der Waals surface area contributed by atoms with Crippen molar-refractivity contribution in [2.75, 3.05) is 13.7 Å². The lowest BCUT2D eigenvalue weighted by Crippen LogP contribution is -2.30. The van der Waals surface area contributed by atoms with Gasteiger partial charge in [0.05, 0.1) is 10.0 Å². The van der Waals surface area contributed by atoms with Crippen LogP contribution < -0.4 is 5.32 Å². The van der Waals surface area contributed by atoms with E-state index in [1.165, 1.54) is 28.2 Å². The van der Waals surface area contributed by atoms with Gasteiger partial charge in [0.1, 0.15) is 17.6 Å². The number of ether oxygens (including phenoxy) is 1. The van der Waals surface area contributed by atoms with Gasteiger partial charge < -0.3 is 10.1 Å². The maximum absolute atomic E-state index is 13.1. The fourth-order valence-electron chi connectivity index (χ4n) is 2.52. The Morgan fingerprint density at radius 1 is 1.35 bits per heavy atom. The molecule has 0 aliphatic rings. The van der Waals surface area contributed by atoms with E-state index in [4.69, 9.17) is 16.3 Å². The van der Waals surface area contributed by atoms with Crippen molar-refractivity contribution in [3.8, 4) is 11.3 Å². The third-order valence-corrected chi connectivity index (χ3v) is 5.22. The van der Waals surface area contributed by atoms with Crippen LogP contribution in [0.4, 0.5) is 4.39 Å². The Kier molecular flexibility index (Phi) is 5.70. The van der Waals surface area contributed by atoms with Crippen LogP contribution in [0.3, 0.4) is 0 Å². The van der Waals surface area contributed by atoms with Gasteiger partial charge >= 0.3 is 0 Å². The van der Waals surface area contributed by atoms with E-state index in [1.54, 1.807) is 38.4 Å². The van der Waals surface area contributed by atoms with Crippen molar-refractivity contribution in [3.05, 3.63) is 63.2 Å². The van der Waals surface area contributed by atoms with Crippen LogP contribution in [-0.2, 0) is 11.8 Å². The van der Waals surface area contributed by atoms with Gasteiger partial charge in [0.15, 0.2) is 0 Å². The largest absolute Gasteiger partial charge is 0.374 e. The van der Waals surface area contributed by atoms with Crippen molar-refractivity contribution >= 4 is 28.8 Å². The summed E-state index contributed by atoms with van der Waals surface area (Å²) in [6.45, 7) is 0.309. The van der Waals surface area contributed by atoms with Crippen LogP contribution in [0.1, 0.15) is 21.5 Å². The minimum absolute atomic E-state index is 0.266. The lowest BCUT2D eigenvalue weighted by molar-refractivity contribution is 0.0830. The van der Waals surface area contributed by atoms with Crippen molar-refractivity contribution in [2.45, 2.75) is 6.10 Å². The Labute approximate surface area is 159 Å². The standard InChI is InChI=1S/C18H17ClFN3O2S/c1-23-14(9-13(22-23)11-3-5-12(20)6-4-11)18(24)21-10-15(25-2)16-7-8-17(19)26-16/h3-9,15H,10H2,1-2H3,(H,21,24). The first-order valence-corrected chi connectivity index (χ1v) is 9.03. The summed E-state index contributed by atoms with van der Waals surface area (Å²) in [6.07, 6.45) is -0.277. The molecule has 2 aromatic heterocycles. The van der Waals surface area contributed by atoms with Gasteiger partial charge in [-0.1, -0.05) is 11.6 Å². The summed E-state index contributed by atoms with van der Waals surface area (Å²) in [5.74, 6) is -0.583. The number of rotatable bonds is 6. The van der Waals surface area contributed by atoms with E-state index in [2.05, 4.69) is 10.4 Å². The number of hydrogen-bond acceptors (Lipinski definition) is 4. The maximum atomic E-state index is 13.1. The summed E-state index contributed by atoms with van der Waals surface area (Å²) >= 11 is 7.37. The molecule has 1 atom stereocenters. The molecule has 26 heavy (non-hydrogen) atoms. The number of aryl methyl sites for hydroxylation is 1. The molecule has 1 unspecified atom stereocenters. The first-order valence-electron chi connectivity index (χ1n) is 7.84. The highest BCUT2D eigenvalue weighted by molar-refractivity contribution is 7.16. The molecule has 5 nitrogen and oxygen atoms in total. The number of nitrogens with zero attached hydrogens (tertiary/aromatic N) is 2. The van der Waals surface area contributed by atoms with Crippen molar-refractivity contribution in [3.63, 3.8) is 0 Å². The second-order valence-electron chi connectivity index (χ2n) is 5.62. The van der Waals surface area contributed by atoms with E-state index < -0.39 is 0 Å². The van der Waals surface area contributed by atoms with Crippen molar-refractivity contribution < 1.29 is 13.9 Å². The second-order valence-corrected chi connectivity index (χ2v) is 7.37. The van der Waals surface area contributed by atoms with Crippen molar-refractivity contribution in [1.82, 2.24) is 15.1 Å². The molecule has 0 aliphatic carbocycles. The molecular weight excluding hydrogens is 377 g/mol. The predicted octanol–water partition coefficient (Wildman–Crippen LogP) is 4.06. The molecule has 136 valence electrons. The highest BCUT2D eigenvalue weighted by Gasteiger charge is 2.18. The van der Waals surface area contributed by atoms with Gasteiger partial charge in [0.2, 0.25) is 0 Å². The molecule has 8 heteroatoms. The minimum atomic E-state index is -0.318. The van der Waals surface area contributed by atoms with Crippen LogP contribution >= 0.6 is 22.9 Å². The minimum Gasteiger partial charge on any atom is -0.374 e. The number of halogens is 2. The Bertz CT molecular complexity index is 908. The van der Waals surface area contributed by atoms with E-state index >= 15 is 0 Å². The number of aromatic nitrogens is 2. The van der Waals surface area contributed by atoms with Crippen LogP contribution in [-0.4, -0.2) is 29.3 Å². The molecule has 0 radical (unpaired) electrons. The topological polar surface area (TPSA) is 56.1 Å². The highest BCUT2D eigenvalue weighted by Crippen LogP contribution is 2.28. The molecule has 0 aliphatic heterocycles. The molecular formula is C18H17ClFN3O2S. The summed E-state index contributed by atoms with van der Waals surface area (Å²) in [7, 11) is 3.27. The SMILES string of the molecule is COC(CNC(=O)c1cc(-c2ccc(F)cc2)nn1C)c1ccc(Cl)s1. The van der Waals surface area contributed by atoms with Crippen LogP contribution in [0.15, 0.2) is 42.5 Å². The molecule has 1 N–H and O–H groups in total. The van der Waals surface area contributed by atoms with E-state index in [0.29, 0.717) is 22.3 Å². The zero-order chi connectivity index (χ0) is 18.7. The summed E-state index contributed by atoms with van der Waals surface area (Å²) in [5, 5.41) is 7.18. The molecule has 0 bridgehead atoms. The number of nitrogens with one attached hydrogen (secondary N) is 1. The zero-order valence-corrected chi connectivity index (χ0v) is 15.8. The fourth-order valence-corrected chi connectivity index (χ4v) is 3.66. The number of carbonyl (C=O) groups is 1. The average molecular weight is 394 g/mol. The molecule has 3 rings (SSSR count). The Morgan fingerprint density at radius 3 is 2.69 bits per heavy atom. The normalized spacial score (nSPS) is 12.2. The summed E-state index contributed by atoms with van der Waals surface area (Å²) in [6, 6.07) is 11.3. The number of benzene rings is 1. The van der Waals surface area contributed by atoms with Crippen molar-refractivity contribution in [1.29, 1.82) is 0 Å². The van der Waals surface area contributed by atoms with Gasteiger partial charge in [0, 0.05) is 31.1 Å². The third-order valence-electron chi connectivity index (χ3n) is 3.90. The van der Waals surface area contributed by atoms with Crippen LogP contribution in [0.2, 0.25) is 4.34 Å². The molecule has 1 amide bonds. The maximum Gasteiger partial charge on any atom is 0.269 e. The summed E-state index contributed by atoms with van der Waals surface area (Å²) in [5.41, 5.74) is 1.75.